The molecule has 0 spiro atoms. The molecule has 2 aromatic carbocycles. The van der Waals surface area contributed by atoms with E-state index in [1.807, 2.05) is 29.2 Å². The Morgan fingerprint density at radius 3 is 2.44 bits per heavy atom. The van der Waals surface area contributed by atoms with Gasteiger partial charge in [-0.15, -0.1) is 15.2 Å². The molecule has 9 nitrogen and oxygen atoms in total. The molecule has 0 unspecified atom stereocenters. The Kier molecular flexibility index (Phi) is 6.63. The van der Waals surface area contributed by atoms with Crippen LogP contribution in [-0.2, 0) is 4.99 Å². The number of hydrogen-bond acceptors (Lipinski definition) is 10. The number of anilines is 2. The third-order valence-electron chi connectivity index (χ3n) is 3.83. The summed E-state index contributed by atoms with van der Waals surface area (Å²) in [6, 6.07) is 12.6. The highest BCUT2D eigenvalue weighted by Crippen LogP contribution is 2.33. The normalized spacial score (nSPS) is 11.4. The average Bonchev–Trinajstić information content (AvgIpc) is 3.09. The van der Waals surface area contributed by atoms with Gasteiger partial charge in [0.05, 0.1) is 30.1 Å². The molecule has 27 heavy (non-hydrogen) atoms. The van der Waals surface area contributed by atoms with Crippen LogP contribution in [0.5, 0.6) is 0 Å². The highest BCUT2D eigenvalue weighted by Gasteiger charge is 2.08. The van der Waals surface area contributed by atoms with Gasteiger partial charge in [0.1, 0.15) is 0 Å². The molecule has 0 bridgehead atoms. The Balaban J connectivity index is 1.77. The Morgan fingerprint density at radius 1 is 1.04 bits per heavy atom. The average molecular weight is 389 g/mol. The van der Waals surface area contributed by atoms with Gasteiger partial charge in [-0.25, -0.2) is 10.7 Å². The van der Waals surface area contributed by atoms with Crippen LogP contribution < -0.4 is 10.4 Å². The molecule has 10 heteroatoms. The number of aliphatic hydroxyl groups is 2. The first-order chi connectivity index (χ1) is 13.2. The Morgan fingerprint density at radius 2 is 1.78 bits per heavy atom. The smallest absolute Gasteiger partial charge is 0.166 e. The van der Waals surface area contributed by atoms with Crippen molar-refractivity contribution < 1.29 is 20.5 Å². The Hall–Kier alpha value is -2.63. The van der Waals surface area contributed by atoms with E-state index in [1.54, 1.807) is 18.2 Å². The lowest BCUT2D eigenvalue weighted by atomic mass is 10.2. The van der Waals surface area contributed by atoms with Gasteiger partial charge in [0.25, 0.3) is 0 Å². The third kappa shape index (κ3) is 4.76. The topological polar surface area (TPSA) is 123 Å². The molecule has 1 heterocycles. The fraction of sp³-hybridized carbons (Fsp3) is 0.235. The van der Waals surface area contributed by atoms with E-state index in [1.165, 1.54) is 11.5 Å². The van der Waals surface area contributed by atoms with Crippen LogP contribution in [0.4, 0.5) is 22.1 Å². The first-order valence-electron chi connectivity index (χ1n) is 8.19. The molecule has 1 aromatic heterocycles. The van der Waals surface area contributed by atoms with Crippen molar-refractivity contribution in [3.63, 3.8) is 0 Å². The number of benzene rings is 2. The molecule has 0 radical (unpaired) electrons. The van der Waals surface area contributed by atoms with Crippen LogP contribution in [0.3, 0.4) is 0 Å². The quantitative estimate of drug-likeness (QED) is 0.251. The second-order valence-electron chi connectivity index (χ2n) is 5.56. The van der Waals surface area contributed by atoms with Gasteiger partial charge in [0.15, 0.2) is 5.00 Å². The number of nitrogens with zero attached hydrogens (tertiary/aromatic N) is 4. The lowest BCUT2D eigenvalue weighted by Gasteiger charge is -2.22. The molecular weight excluding hydrogens is 370 g/mol. The molecule has 0 aliphatic carbocycles. The zero-order valence-electron chi connectivity index (χ0n) is 14.3. The zero-order chi connectivity index (χ0) is 19.1. The van der Waals surface area contributed by atoms with Crippen molar-refractivity contribution in [3.05, 3.63) is 42.5 Å². The lowest BCUT2D eigenvalue weighted by molar-refractivity contribution is -0.215. The van der Waals surface area contributed by atoms with Gasteiger partial charge >= 0.3 is 0 Å². The first kappa shape index (κ1) is 19.1. The number of aliphatic hydroxyl groups excluding tert-OH is 2. The van der Waals surface area contributed by atoms with E-state index in [9.17, 15) is 0 Å². The van der Waals surface area contributed by atoms with E-state index in [-0.39, 0.29) is 13.2 Å². The van der Waals surface area contributed by atoms with E-state index < -0.39 is 0 Å². The summed E-state index contributed by atoms with van der Waals surface area (Å²) in [6.45, 7) is 0.917. The first-order valence-corrected chi connectivity index (χ1v) is 8.97. The van der Waals surface area contributed by atoms with Gasteiger partial charge in [-0.1, -0.05) is 0 Å². The third-order valence-corrected chi connectivity index (χ3v) is 4.59. The van der Waals surface area contributed by atoms with Gasteiger partial charge in [-0.2, -0.15) is 4.37 Å². The van der Waals surface area contributed by atoms with E-state index in [0.29, 0.717) is 29.5 Å². The van der Waals surface area contributed by atoms with Crippen LogP contribution in [0.2, 0.25) is 0 Å². The summed E-state index contributed by atoms with van der Waals surface area (Å²) in [6.07, 6.45) is 0. The van der Waals surface area contributed by atoms with Crippen LogP contribution in [-0.4, -0.2) is 46.1 Å². The molecule has 0 aliphatic rings. The largest absolute Gasteiger partial charge is 0.395 e. The van der Waals surface area contributed by atoms with Gasteiger partial charge in [-0.3, -0.25) is 0 Å². The van der Waals surface area contributed by atoms with Crippen LogP contribution in [0.15, 0.2) is 52.7 Å². The van der Waals surface area contributed by atoms with Crippen molar-refractivity contribution in [3.8, 4) is 0 Å². The maximum absolute atomic E-state index is 9.12. The van der Waals surface area contributed by atoms with Gasteiger partial charge < -0.3 is 15.1 Å². The maximum atomic E-state index is 9.12. The predicted octanol–water partition coefficient (Wildman–Crippen LogP) is 3.32. The van der Waals surface area contributed by atoms with E-state index in [4.69, 9.17) is 15.5 Å². The molecule has 0 saturated carbocycles. The fourth-order valence-electron chi connectivity index (χ4n) is 2.56. The number of hydrogen-bond donors (Lipinski definition) is 4. The molecule has 3 rings (SSSR count). The summed E-state index contributed by atoms with van der Waals surface area (Å²) in [5.74, 6) is 0. The second kappa shape index (κ2) is 9.35. The monoisotopic (exact) mass is 389 g/mol. The van der Waals surface area contributed by atoms with Crippen LogP contribution >= 0.6 is 11.5 Å². The van der Waals surface area contributed by atoms with Crippen molar-refractivity contribution in [1.82, 2.24) is 4.37 Å². The Labute approximate surface area is 159 Å². The highest BCUT2D eigenvalue weighted by atomic mass is 32.1. The molecular formula is C17H19N5O4S. The number of aromatic nitrogens is 1. The van der Waals surface area contributed by atoms with Crippen molar-refractivity contribution in [1.29, 1.82) is 0 Å². The van der Waals surface area contributed by atoms with Gasteiger partial charge in [0, 0.05) is 24.2 Å². The number of rotatable bonds is 9. The molecule has 0 amide bonds. The minimum atomic E-state index is 0.0120. The van der Waals surface area contributed by atoms with Crippen LogP contribution in [0.1, 0.15) is 0 Å². The van der Waals surface area contributed by atoms with Gasteiger partial charge in [-0.05, 0) is 54.0 Å². The van der Waals surface area contributed by atoms with Crippen molar-refractivity contribution in [2.45, 2.75) is 0 Å². The van der Waals surface area contributed by atoms with Crippen LogP contribution in [0, 0.1) is 0 Å². The van der Waals surface area contributed by atoms with Crippen LogP contribution in [0.25, 0.3) is 10.9 Å². The summed E-state index contributed by atoms with van der Waals surface area (Å²) in [4.78, 5) is 5.82. The summed E-state index contributed by atoms with van der Waals surface area (Å²) in [5.41, 5.74) is 5.25. The zero-order valence-corrected chi connectivity index (χ0v) is 15.1. The SMILES string of the molecule is OCCN(CCO)c1ccc(N=Nc2snc3ccc(NOO)cc23)cc1. The van der Waals surface area contributed by atoms with Crippen molar-refractivity contribution in [2.24, 2.45) is 10.2 Å². The summed E-state index contributed by atoms with van der Waals surface area (Å²) < 4.78 is 4.31. The molecule has 0 saturated heterocycles. The second-order valence-corrected chi connectivity index (χ2v) is 6.32. The number of azo groups is 1. The van der Waals surface area contributed by atoms with Gasteiger partial charge in [0.2, 0.25) is 0 Å². The molecule has 0 aliphatic heterocycles. The molecule has 4 N–H and O–H groups in total. The molecule has 3 aromatic rings. The highest BCUT2D eigenvalue weighted by molar-refractivity contribution is 7.11. The summed E-state index contributed by atoms with van der Waals surface area (Å²) in [7, 11) is 0. The van der Waals surface area contributed by atoms with Crippen molar-refractivity contribution >= 4 is 44.5 Å². The molecule has 0 fully saturated rings. The van der Waals surface area contributed by atoms with E-state index >= 15 is 0 Å². The number of nitrogens with one attached hydrogen (secondary N) is 1. The standard InChI is InChI=1S/C17H19N5O4S/c23-9-7-22(8-10-24)14-4-1-12(2-5-14)18-19-17-15-11-13(20-26-25)3-6-16(15)21-27-17/h1-6,11,20,23-25H,7-10H2. The molecule has 0 atom stereocenters. The molecule has 142 valence electrons. The van der Waals surface area contributed by atoms with Crippen molar-refractivity contribution in [2.75, 3.05) is 36.7 Å². The lowest BCUT2D eigenvalue weighted by Crippen LogP contribution is -2.29. The minimum Gasteiger partial charge on any atom is -0.395 e. The predicted molar refractivity (Wildman–Crippen MR) is 104 cm³/mol. The maximum Gasteiger partial charge on any atom is 0.166 e. The fourth-order valence-corrected chi connectivity index (χ4v) is 3.24. The minimum absolute atomic E-state index is 0.0120. The summed E-state index contributed by atoms with van der Waals surface area (Å²) >= 11 is 1.22. The summed E-state index contributed by atoms with van der Waals surface area (Å²) in [5, 5.41) is 36.7. The number of fused-ring (bicyclic) bond motifs is 1. The Bertz CT molecular complexity index is 894. The van der Waals surface area contributed by atoms with E-state index in [0.717, 1.165) is 16.6 Å². The van der Waals surface area contributed by atoms with E-state index in [2.05, 4.69) is 25.1 Å².